The van der Waals surface area contributed by atoms with Gasteiger partial charge < -0.3 is 15.4 Å². The molecule has 1 aliphatic rings. The second-order valence-corrected chi connectivity index (χ2v) is 8.25. The molecule has 164 valence electrons. The van der Waals surface area contributed by atoms with E-state index in [0.717, 1.165) is 22.3 Å². The summed E-state index contributed by atoms with van der Waals surface area (Å²) >= 11 is 0. The molecule has 1 saturated heterocycles. The lowest BCUT2D eigenvalue weighted by molar-refractivity contribution is -0.163. The van der Waals surface area contributed by atoms with Crippen LogP contribution >= 0.6 is 0 Å². The predicted octanol–water partition coefficient (Wildman–Crippen LogP) is 3.61. The van der Waals surface area contributed by atoms with Crippen molar-refractivity contribution in [1.82, 2.24) is 4.90 Å². The van der Waals surface area contributed by atoms with Crippen molar-refractivity contribution in [3.05, 3.63) is 96.1 Å². The largest absolute Gasteiger partial charge is 0.367 e. The van der Waals surface area contributed by atoms with Crippen LogP contribution in [0, 0.1) is 0 Å². The molecule has 0 bridgehead atoms. The molecule has 5 heteroatoms. The highest BCUT2D eigenvalue weighted by Gasteiger charge is 2.43. The standard InChI is InChI=1S/C27H28N2O3/c28-26(31)27(19-22-10-7-13-24(18-22)23-11-5-2-6-12-23)20-29(16-17-32-27)25(30)15-14-21-8-3-1-4-9-21/h1-13,18H,14-17,19-20H2,(H2,28,31)/t27-/m0/s1. The van der Waals surface area contributed by atoms with Crippen molar-refractivity contribution in [2.75, 3.05) is 19.7 Å². The van der Waals surface area contributed by atoms with Crippen LogP contribution < -0.4 is 5.73 Å². The monoisotopic (exact) mass is 428 g/mol. The van der Waals surface area contributed by atoms with Gasteiger partial charge in [-0.15, -0.1) is 0 Å². The van der Waals surface area contributed by atoms with Gasteiger partial charge in [-0.05, 0) is 28.7 Å². The highest BCUT2D eigenvalue weighted by molar-refractivity contribution is 5.86. The molecule has 4 rings (SSSR count). The Hall–Kier alpha value is -3.44. The molecule has 0 spiro atoms. The number of aryl methyl sites for hydroxylation is 1. The molecule has 0 radical (unpaired) electrons. The molecular formula is C27H28N2O3. The Bertz CT molecular complexity index is 1070. The quantitative estimate of drug-likeness (QED) is 0.625. The molecule has 32 heavy (non-hydrogen) atoms. The van der Waals surface area contributed by atoms with Crippen molar-refractivity contribution in [1.29, 1.82) is 0 Å². The Morgan fingerprint density at radius 1 is 0.875 bits per heavy atom. The third kappa shape index (κ3) is 5.06. The number of nitrogens with zero attached hydrogens (tertiary/aromatic N) is 1. The highest BCUT2D eigenvalue weighted by Crippen LogP contribution is 2.27. The van der Waals surface area contributed by atoms with Crippen molar-refractivity contribution >= 4 is 11.8 Å². The number of nitrogens with two attached hydrogens (primary N) is 1. The third-order valence-electron chi connectivity index (χ3n) is 5.98. The number of ether oxygens (including phenoxy) is 1. The number of primary amides is 1. The molecule has 0 aromatic heterocycles. The fourth-order valence-electron chi connectivity index (χ4n) is 4.22. The Kier molecular flexibility index (Phi) is 6.66. The summed E-state index contributed by atoms with van der Waals surface area (Å²) in [5.41, 5.74) is 8.83. The molecule has 5 nitrogen and oxygen atoms in total. The normalized spacial score (nSPS) is 18.3. The Morgan fingerprint density at radius 2 is 1.53 bits per heavy atom. The first-order chi connectivity index (χ1) is 15.6. The lowest BCUT2D eigenvalue weighted by Gasteiger charge is -2.41. The van der Waals surface area contributed by atoms with Gasteiger partial charge in [0.2, 0.25) is 5.91 Å². The molecular weight excluding hydrogens is 400 g/mol. The second-order valence-electron chi connectivity index (χ2n) is 8.25. The smallest absolute Gasteiger partial charge is 0.251 e. The van der Waals surface area contributed by atoms with Gasteiger partial charge in [0.1, 0.15) is 0 Å². The van der Waals surface area contributed by atoms with Crippen molar-refractivity contribution < 1.29 is 14.3 Å². The van der Waals surface area contributed by atoms with Gasteiger partial charge in [0.15, 0.2) is 5.60 Å². The number of carbonyl (C=O) groups excluding carboxylic acids is 2. The molecule has 1 atom stereocenters. The molecule has 3 aromatic carbocycles. The molecule has 0 aliphatic carbocycles. The van der Waals surface area contributed by atoms with Gasteiger partial charge in [-0.3, -0.25) is 9.59 Å². The van der Waals surface area contributed by atoms with Crippen molar-refractivity contribution in [2.24, 2.45) is 5.73 Å². The van der Waals surface area contributed by atoms with E-state index in [4.69, 9.17) is 10.5 Å². The number of amides is 2. The van der Waals surface area contributed by atoms with Crippen LogP contribution in [0.15, 0.2) is 84.9 Å². The van der Waals surface area contributed by atoms with Crippen LogP contribution in [0.1, 0.15) is 17.5 Å². The van der Waals surface area contributed by atoms with E-state index < -0.39 is 11.5 Å². The van der Waals surface area contributed by atoms with Crippen molar-refractivity contribution in [3.63, 3.8) is 0 Å². The molecule has 1 fully saturated rings. The average molecular weight is 429 g/mol. The number of carbonyl (C=O) groups is 2. The maximum Gasteiger partial charge on any atom is 0.251 e. The zero-order valence-electron chi connectivity index (χ0n) is 18.1. The summed E-state index contributed by atoms with van der Waals surface area (Å²) < 4.78 is 5.95. The van der Waals surface area contributed by atoms with E-state index in [1.807, 2.05) is 78.9 Å². The molecule has 3 aromatic rings. The van der Waals surface area contributed by atoms with E-state index in [9.17, 15) is 9.59 Å². The Balaban J connectivity index is 1.48. The summed E-state index contributed by atoms with van der Waals surface area (Å²) in [6.07, 6.45) is 1.38. The molecule has 2 amide bonds. The number of morpholine rings is 1. The maximum absolute atomic E-state index is 12.9. The number of benzene rings is 3. The number of rotatable bonds is 7. The van der Waals surface area contributed by atoms with E-state index in [0.29, 0.717) is 32.4 Å². The van der Waals surface area contributed by atoms with Gasteiger partial charge in [0.25, 0.3) is 5.91 Å². The first-order valence-corrected chi connectivity index (χ1v) is 11.0. The fraction of sp³-hybridized carbons (Fsp3) is 0.259. The van der Waals surface area contributed by atoms with E-state index >= 15 is 0 Å². The van der Waals surface area contributed by atoms with Crippen LogP contribution in [0.5, 0.6) is 0 Å². The van der Waals surface area contributed by atoms with Gasteiger partial charge in [0, 0.05) is 19.4 Å². The molecule has 2 N–H and O–H groups in total. The summed E-state index contributed by atoms with van der Waals surface area (Å²) in [6.45, 7) is 0.927. The summed E-state index contributed by atoms with van der Waals surface area (Å²) in [7, 11) is 0. The first-order valence-electron chi connectivity index (χ1n) is 11.0. The van der Waals surface area contributed by atoms with Crippen LogP contribution in [-0.2, 0) is 27.2 Å². The van der Waals surface area contributed by atoms with Crippen LogP contribution in [0.3, 0.4) is 0 Å². The van der Waals surface area contributed by atoms with Crippen LogP contribution in [0.25, 0.3) is 11.1 Å². The average Bonchev–Trinajstić information content (AvgIpc) is 2.84. The van der Waals surface area contributed by atoms with Gasteiger partial charge in [-0.25, -0.2) is 0 Å². The van der Waals surface area contributed by atoms with E-state index in [-0.39, 0.29) is 12.5 Å². The lowest BCUT2D eigenvalue weighted by Crippen LogP contribution is -2.61. The van der Waals surface area contributed by atoms with Crippen molar-refractivity contribution in [2.45, 2.75) is 24.9 Å². The highest BCUT2D eigenvalue weighted by atomic mass is 16.5. The van der Waals surface area contributed by atoms with Gasteiger partial charge in [-0.1, -0.05) is 84.9 Å². The Morgan fingerprint density at radius 3 is 2.25 bits per heavy atom. The van der Waals surface area contributed by atoms with Crippen LogP contribution in [-0.4, -0.2) is 42.0 Å². The maximum atomic E-state index is 12.9. The predicted molar refractivity (Wildman–Crippen MR) is 125 cm³/mol. The zero-order chi connectivity index (χ0) is 22.4. The summed E-state index contributed by atoms with van der Waals surface area (Å²) in [4.78, 5) is 27.2. The molecule has 1 heterocycles. The van der Waals surface area contributed by atoms with Gasteiger partial charge >= 0.3 is 0 Å². The number of hydrogen-bond acceptors (Lipinski definition) is 3. The minimum atomic E-state index is -1.23. The van der Waals surface area contributed by atoms with Crippen molar-refractivity contribution in [3.8, 4) is 11.1 Å². The van der Waals surface area contributed by atoms with Gasteiger partial charge in [-0.2, -0.15) is 0 Å². The minimum Gasteiger partial charge on any atom is -0.367 e. The second kappa shape index (κ2) is 9.79. The summed E-state index contributed by atoms with van der Waals surface area (Å²) in [5, 5.41) is 0. The number of hydrogen-bond donors (Lipinski definition) is 1. The van der Waals surface area contributed by atoms with E-state index in [1.165, 1.54) is 0 Å². The summed E-state index contributed by atoms with van der Waals surface area (Å²) in [5.74, 6) is -0.524. The summed E-state index contributed by atoms with van der Waals surface area (Å²) in [6, 6.07) is 28.0. The Labute approximate surface area is 188 Å². The first kappa shape index (κ1) is 21.8. The SMILES string of the molecule is NC(=O)[C@]1(Cc2cccc(-c3ccccc3)c2)CN(C(=O)CCc2ccccc2)CCO1. The molecule has 0 saturated carbocycles. The third-order valence-corrected chi connectivity index (χ3v) is 5.98. The zero-order valence-corrected chi connectivity index (χ0v) is 18.1. The van der Waals surface area contributed by atoms with E-state index in [2.05, 4.69) is 6.07 Å². The lowest BCUT2D eigenvalue weighted by atomic mass is 9.90. The molecule has 0 unspecified atom stereocenters. The van der Waals surface area contributed by atoms with Crippen LogP contribution in [0.4, 0.5) is 0 Å². The molecule has 1 aliphatic heterocycles. The van der Waals surface area contributed by atoms with Gasteiger partial charge in [0.05, 0.1) is 13.2 Å². The topological polar surface area (TPSA) is 72.6 Å². The van der Waals surface area contributed by atoms with E-state index in [1.54, 1.807) is 4.90 Å². The van der Waals surface area contributed by atoms with Crippen LogP contribution in [0.2, 0.25) is 0 Å². The minimum absolute atomic E-state index is 0.0146. The fourth-order valence-corrected chi connectivity index (χ4v) is 4.22.